The van der Waals surface area contributed by atoms with Crippen LogP contribution in [0.15, 0.2) is 35.1 Å². The zero-order valence-electron chi connectivity index (χ0n) is 10.4. The van der Waals surface area contributed by atoms with E-state index in [9.17, 15) is 0 Å². The summed E-state index contributed by atoms with van der Waals surface area (Å²) in [6.45, 7) is 4.43. The Morgan fingerprint density at radius 2 is 1.94 bits per heavy atom. The number of ether oxygens (including phenoxy) is 1. The van der Waals surface area contributed by atoms with E-state index in [0.29, 0.717) is 11.7 Å². The molecule has 1 aromatic heterocycles. The quantitative estimate of drug-likeness (QED) is 0.807. The highest BCUT2D eigenvalue weighted by atomic mass is 16.5. The predicted molar refractivity (Wildman–Crippen MR) is 67.0 cm³/mol. The molecule has 1 heterocycles. The molecule has 17 heavy (non-hydrogen) atoms. The van der Waals surface area contributed by atoms with Crippen molar-refractivity contribution >= 4 is 0 Å². The Morgan fingerprint density at radius 3 is 2.53 bits per heavy atom. The Morgan fingerprint density at radius 1 is 1.24 bits per heavy atom. The van der Waals surface area contributed by atoms with Crippen molar-refractivity contribution in [3.8, 4) is 17.0 Å². The highest BCUT2D eigenvalue weighted by molar-refractivity contribution is 5.65. The summed E-state index contributed by atoms with van der Waals surface area (Å²) in [5.74, 6) is 1.34. The van der Waals surface area contributed by atoms with Crippen molar-refractivity contribution in [3.05, 3.63) is 36.1 Å². The van der Waals surface area contributed by atoms with Gasteiger partial charge >= 0.3 is 0 Å². The van der Waals surface area contributed by atoms with Gasteiger partial charge in [-0.1, -0.05) is 43.3 Å². The molecule has 3 nitrogen and oxygen atoms in total. The lowest BCUT2D eigenvalue weighted by molar-refractivity contribution is 0.390. The van der Waals surface area contributed by atoms with Crippen molar-refractivity contribution in [2.75, 3.05) is 7.11 Å². The molecule has 0 unspecified atom stereocenters. The average Bonchev–Trinajstić information content (AvgIpc) is 2.77. The van der Waals surface area contributed by atoms with E-state index in [1.165, 1.54) is 11.8 Å². The standard InChI is InChI=1S/C14H17NO2/c1-10(2)8-11-4-6-12(7-5-11)14-13(16-3)9-17-15-14/h4-7,9-10H,8H2,1-3H3. The maximum absolute atomic E-state index is 5.18. The van der Waals surface area contributed by atoms with Crippen molar-refractivity contribution in [1.29, 1.82) is 0 Å². The molecule has 0 N–H and O–H groups in total. The van der Waals surface area contributed by atoms with Gasteiger partial charge in [0.1, 0.15) is 0 Å². The number of hydrogen-bond donors (Lipinski definition) is 0. The minimum absolute atomic E-state index is 0.668. The molecule has 0 saturated heterocycles. The number of methoxy groups -OCH3 is 1. The highest BCUT2D eigenvalue weighted by Crippen LogP contribution is 2.28. The third-order valence-electron chi connectivity index (χ3n) is 2.63. The van der Waals surface area contributed by atoms with E-state index in [1.54, 1.807) is 7.11 Å². The molecule has 2 rings (SSSR count). The maximum Gasteiger partial charge on any atom is 0.186 e. The molecule has 0 spiro atoms. The summed E-state index contributed by atoms with van der Waals surface area (Å²) in [7, 11) is 1.61. The Labute approximate surface area is 101 Å². The normalized spacial score (nSPS) is 10.8. The van der Waals surface area contributed by atoms with Crippen molar-refractivity contribution in [2.24, 2.45) is 5.92 Å². The van der Waals surface area contributed by atoms with E-state index < -0.39 is 0 Å². The van der Waals surface area contributed by atoms with Gasteiger partial charge in [0.15, 0.2) is 17.7 Å². The molecule has 0 atom stereocenters. The highest BCUT2D eigenvalue weighted by Gasteiger charge is 2.10. The van der Waals surface area contributed by atoms with Crippen LogP contribution in [0, 0.1) is 5.92 Å². The summed E-state index contributed by atoms with van der Waals surface area (Å²) >= 11 is 0. The fourth-order valence-corrected chi connectivity index (χ4v) is 1.84. The smallest absolute Gasteiger partial charge is 0.186 e. The summed E-state index contributed by atoms with van der Waals surface area (Å²) < 4.78 is 10.1. The van der Waals surface area contributed by atoms with Gasteiger partial charge in [-0.2, -0.15) is 0 Å². The Bertz CT molecular complexity index is 471. The van der Waals surface area contributed by atoms with Crippen LogP contribution < -0.4 is 4.74 Å². The first-order valence-electron chi connectivity index (χ1n) is 5.78. The van der Waals surface area contributed by atoms with Gasteiger partial charge in [-0.05, 0) is 17.9 Å². The number of hydrogen-bond acceptors (Lipinski definition) is 3. The van der Waals surface area contributed by atoms with Gasteiger partial charge in [-0.3, -0.25) is 0 Å². The van der Waals surface area contributed by atoms with Gasteiger partial charge in [0.05, 0.1) is 7.11 Å². The van der Waals surface area contributed by atoms with Crippen LogP contribution in [0.5, 0.6) is 5.75 Å². The van der Waals surface area contributed by atoms with Gasteiger partial charge in [-0.15, -0.1) is 0 Å². The largest absolute Gasteiger partial charge is 0.491 e. The van der Waals surface area contributed by atoms with Gasteiger partial charge < -0.3 is 9.26 Å². The summed E-state index contributed by atoms with van der Waals surface area (Å²) in [4.78, 5) is 0. The predicted octanol–water partition coefficient (Wildman–Crippen LogP) is 3.55. The molecular weight excluding hydrogens is 214 g/mol. The van der Waals surface area contributed by atoms with Gasteiger partial charge in [0, 0.05) is 5.56 Å². The van der Waals surface area contributed by atoms with Crippen LogP contribution in [0.25, 0.3) is 11.3 Å². The third-order valence-corrected chi connectivity index (χ3v) is 2.63. The molecular formula is C14H17NO2. The molecule has 0 amide bonds. The summed E-state index contributed by atoms with van der Waals surface area (Å²) in [6, 6.07) is 8.36. The Kier molecular flexibility index (Phi) is 3.47. The van der Waals surface area contributed by atoms with E-state index >= 15 is 0 Å². The zero-order chi connectivity index (χ0) is 12.3. The van der Waals surface area contributed by atoms with Crippen LogP contribution in [0.3, 0.4) is 0 Å². The van der Waals surface area contributed by atoms with E-state index in [2.05, 4.69) is 43.3 Å². The van der Waals surface area contributed by atoms with Gasteiger partial charge in [0.2, 0.25) is 0 Å². The first-order chi connectivity index (χ1) is 8.20. The number of rotatable bonds is 4. The van der Waals surface area contributed by atoms with Crippen molar-refractivity contribution in [3.63, 3.8) is 0 Å². The zero-order valence-corrected chi connectivity index (χ0v) is 10.4. The van der Waals surface area contributed by atoms with Crippen molar-refractivity contribution in [2.45, 2.75) is 20.3 Å². The monoisotopic (exact) mass is 231 g/mol. The van der Waals surface area contributed by atoms with Gasteiger partial charge in [0.25, 0.3) is 0 Å². The summed E-state index contributed by atoms with van der Waals surface area (Å²) in [5, 5.41) is 3.95. The molecule has 0 aliphatic heterocycles. The molecule has 90 valence electrons. The summed E-state index contributed by atoms with van der Waals surface area (Å²) in [6.07, 6.45) is 2.60. The first-order valence-corrected chi connectivity index (χ1v) is 5.78. The number of aromatic nitrogens is 1. The topological polar surface area (TPSA) is 35.3 Å². The molecule has 0 fully saturated rings. The van der Waals surface area contributed by atoms with Crippen LogP contribution in [0.4, 0.5) is 0 Å². The first kappa shape index (κ1) is 11.7. The van der Waals surface area contributed by atoms with E-state index in [-0.39, 0.29) is 0 Å². The summed E-state index contributed by atoms with van der Waals surface area (Å²) in [5.41, 5.74) is 3.11. The third kappa shape index (κ3) is 2.67. The second-order valence-electron chi connectivity index (χ2n) is 4.53. The van der Waals surface area contributed by atoms with Crippen LogP contribution in [-0.2, 0) is 6.42 Å². The van der Waals surface area contributed by atoms with E-state index in [4.69, 9.17) is 9.26 Å². The Balaban J connectivity index is 2.23. The minimum atomic E-state index is 0.668. The molecule has 1 aromatic carbocycles. The molecule has 0 aliphatic rings. The molecule has 2 aromatic rings. The van der Waals surface area contributed by atoms with Crippen LogP contribution in [0.1, 0.15) is 19.4 Å². The molecule has 0 radical (unpaired) electrons. The van der Waals surface area contributed by atoms with Crippen LogP contribution >= 0.6 is 0 Å². The lowest BCUT2D eigenvalue weighted by Gasteiger charge is -2.05. The second-order valence-corrected chi connectivity index (χ2v) is 4.53. The lowest BCUT2D eigenvalue weighted by atomic mass is 10.0. The maximum atomic E-state index is 5.18. The molecule has 0 saturated carbocycles. The number of nitrogens with zero attached hydrogens (tertiary/aromatic N) is 1. The van der Waals surface area contributed by atoms with Crippen molar-refractivity contribution < 1.29 is 9.26 Å². The molecule has 0 aliphatic carbocycles. The van der Waals surface area contributed by atoms with E-state index in [1.807, 2.05) is 0 Å². The fraction of sp³-hybridized carbons (Fsp3) is 0.357. The van der Waals surface area contributed by atoms with Gasteiger partial charge in [-0.25, -0.2) is 0 Å². The average molecular weight is 231 g/mol. The van der Waals surface area contributed by atoms with Crippen LogP contribution in [-0.4, -0.2) is 12.3 Å². The minimum Gasteiger partial charge on any atom is -0.491 e. The fourth-order valence-electron chi connectivity index (χ4n) is 1.84. The Hall–Kier alpha value is -1.77. The molecule has 3 heteroatoms. The molecule has 0 bridgehead atoms. The lowest BCUT2D eigenvalue weighted by Crippen LogP contribution is -1.93. The van der Waals surface area contributed by atoms with Crippen LogP contribution in [0.2, 0.25) is 0 Å². The van der Waals surface area contributed by atoms with Crippen molar-refractivity contribution in [1.82, 2.24) is 5.16 Å². The second kappa shape index (κ2) is 5.04. The number of benzene rings is 1. The SMILES string of the molecule is COc1conc1-c1ccc(CC(C)C)cc1. The van der Waals surface area contributed by atoms with E-state index in [0.717, 1.165) is 17.7 Å².